The number of hydrogen-bond acceptors (Lipinski definition) is 5. The van der Waals surface area contributed by atoms with Crippen molar-refractivity contribution >= 4 is 16.9 Å². The van der Waals surface area contributed by atoms with Gasteiger partial charge in [0.1, 0.15) is 23.4 Å². The summed E-state index contributed by atoms with van der Waals surface area (Å²) in [5.74, 6) is 2.40. The van der Waals surface area contributed by atoms with Crippen LogP contribution in [0.15, 0.2) is 42.5 Å². The van der Waals surface area contributed by atoms with Gasteiger partial charge in [-0.2, -0.15) is 0 Å². The van der Waals surface area contributed by atoms with Crippen molar-refractivity contribution in [2.24, 2.45) is 5.92 Å². The number of fused-ring (bicyclic) bond motifs is 1. The normalized spacial score (nSPS) is 15.2. The van der Waals surface area contributed by atoms with E-state index < -0.39 is 0 Å². The van der Waals surface area contributed by atoms with Crippen molar-refractivity contribution in [3.8, 4) is 22.9 Å². The van der Waals surface area contributed by atoms with Crippen molar-refractivity contribution in [3.05, 3.63) is 42.5 Å². The zero-order chi connectivity index (χ0) is 25.5. The molecule has 1 unspecified atom stereocenters. The zero-order valence-electron chi connectivity index (χ0n) is 22.0. The van der Waals surface area contributed by atoms with Crippen molar-refractivity contribution in [2.75, 3.05) is 27.4 Å². The molecule has 36 heavy (non-hydrogen) atoms. The van der Waals surface area contributed by atoms with Gasteiger partial charge in [-0.3, -0.25) is 4.79 Å². The molecule has 1 heterocycles. The quantitative estimate of drug-likeness (QED) is 0.343. The van der Waals surface area contributed by atoms with E-state index in [-0.39, 0.29) is 24.0 Å². The second-order valence-electron chi connectivity index (χ2n) is 9.77. The number of rotatable bonds is 11. The summed E-state index contributed by atoms with van der Waals surface area (Å²) in [6, 6.07) is 13.4. The Balaban J connectivity index is 1.76. The molecule has 2 aromatic carbocycles. The number of carbonyl (C=O) groups excluding carboxylic acids is 1. The monoisotopic (exact) mass is 493 g/mol. The Morgan fingerprint density at radius 3 is 2.58 bits per heavy atom. The predicted molar refractivity (Wildman–Crippen MR) is 143 cm³/mol. The first-order valence-electron chi connectivity index (χ1n) is 13.1. The molecule has 1 aromatic heterocycles. The van der Waals surface area contributed by atoms with Gasteiger partial charge in [0, 0.05) is 19.2 Å². The van der Waals surface area contributed by atoms with Gasteiger partial charge in [0.15, 0.2) is 0 Å². The molecule has 0 radical (unpaired) electrons. The predicted octanol–water partition coefficient (Wildman–Crippen LogP) is 5.77. The number of nitrogens with one attached hydrogen (secondary N) is 1. The van der Waals surface area contributed by atoms with Gasteiger partial charge in [-0.25, -0.2) is 4.98 Å². The molecule has 7 nitrogen and oxygen atoms in total. The Bertz CT molecular complexity index is 1150. The van der Waals surface area contributed by atoms with Gasteiger partial charge >= 0.3 is 0 Å². The van der Waals surface area contributed by atoms with Crippen molar-refractivity contribution in [1.82, 2.24) is 14.9 Å². The molecule has 0 aliphatic heterocycles. The van der Waals surface area contributed by atoms with Gasteiger partial charge < -0.3 is 24.1 Å². The Kier molecular flexibility index (Phi) is 8.86. The standard InChI is InChI=1S/C29H39N3O4/c1-20(2)36-18-10-17-30-29(33)27(21-11-6-5-7-12-21)32-25-14-9-8-13-24(25)31-28(32)23-16-15-22(34-3)19-26(23)35-4/h8-9,13-16,19-21,27H,5-7,10-12,17-18H2,1-4H3,(H,30,33). The highest BCUT2D eigenvalue weighted by Gasteiger charge is 2.34. The molecule has 1 aliphatic carbocycles. The summed E-state index contributed by atoms with van der Waals surface area (Å²) in [5.41, 5.74) is 2.66. The maximum absolute atomic E-state index is 13.9. The Morgan fingerprint density at radius 2 is 1.86 bits per heavy atom. The van der Waals surface area contributed by atoms with Crippen LogP contribution in [0.4, 0.5) is 0 Å². The fourth-order valence-corrected chi connectivity index (χ4v) is 5.20. The Labute approximate surface area is 214 Å². The van der Waals surface area contributed by atoms with Crippen LogP contribution >= 0.6 is 0 Å². The van der Waals surface area contributed by atoms with Crippen LogP contribution in [-0.4, -0.2) is 48.9 Å². The maximum atomic E-state index is 13.9. The third kappa shape index (κ3) is 5.84. The largest absolute Gasteiger partial charge is 0.497 e. The van der Waals surface area contributed by atoms with Crippen LogP contribution in [0.25, 0.3) is 22.4 Å². The molecular weight excluding hydrogens is 454 g/mol. The molecule has 1 amide bonds. The van der Waals surface area contributed by atoms with Crippen LogP contribution in [-0.2, 0) is 9.53 Å². The minimum Gasteiger partial charge on any atom is -0.497 e. The van der Waals surface area contributed by atoms with Crippen molar-refractivity contribution in [1.29, 1.82) is 0 Å². The third-order valence-electron chi connectivity index (χ3n) is 6.96. The average molecular weight is 494 g/mol. The van der Waals surface area contributed by atoms with Gasteiger partial charge in [-0.05, 0) is 63.3 Å². The highest BCUT2D eigenvalue weighted by atomic mass is 16.5. The van der Waals surface area contributed by atoms with Crippen LogP contribution < -0.4 is 14.8 Å². The molecular formula is C29H39N3O4. The number of carbonyl (C=O) groups is 1. The molecule has 1 N–H and O–H groups in total. The molecule has 3 aromatic rings. The van der Waals surface area contributed by atoms with Crippen LogP contribution in [0.1, 0.15) is 58.4 Å². The topological polar surface area (TPSA) is 74.6 Å². The van der Waals surface area contributed by atoms with E-state index in [0.29, 0.717) is 24.7 Å². The summed E-state index contributed by atoms with van der Waals surface area (Å²) in [5, 5.41) is 3.21. The minimum atomic E-state index is -0.356. The summed E-state index contributed by atoms with van der Waals surface area (Å²) in [4.78, 5) is 18.9. The van der Waals surface area contributed by atoms with Crippen molar-refractivity contribution in [3.63, 3.8) is 0 Å². The summed E-state index contributed by atoms with van der Waals surface area (Å²) < 4.78 is 19.0. The van der Waals surface area contributed by atoms with E-state index in [0.717, 1.165) is 54.5 Å². The smallest absolute Gasteiger partial charge is 0.243 e. The first-order valence-corrected chi connectivity index (χ1v) is 13.1. The van der Waals surface area contributed by atoms with Crippen molar-refractivity contribution in [2.45, 2.75) is 64.5 Å². The van der Waals surface area contributed by atoms with E-state index in [9.17, 15) is 4.79 Å². The average Bonchev–Trinajstić information content (AvgIpc) is 3.27. The zero-order valence-corrected chi connectivity index (χ0v) is 22.0. The second-order valence-corrected chi connectivity index (χ2v) is 9.77. The van der Waals surface area contributed by atoms with Gasteiger partial charge in [0.2, 0.25) is 5.91 Å². The summed E-state index contributed by atoms with van der Waals surface area (Å²) >= 11 is 0. The first-order chi connectivity index (χ1) is 17.5. The highest BCUT2D eigenvalue weighted by molar-refractivity contribution is 5.88. The highest BCUT2D eigenvalue weighted by Crippen LogP contribution is 2.41. The molecule has 0 saturated heterocycles. The number of nitrogens with zero attached hydrogens (tertiary/aromatic N) is 2. The lowest BCUT2D eigenvalue weighted by Gasteiger charge is -2.32. The maximum Gasteiger partial charge on any atom is 0.243 e. The number of imidazole rings is 1. The molecule has 194 valence electrons. The van der Waals surface area contributed by atoms with Crippen LogP contribution in [0.3, 0.4) is 0 Å². The van der Waals surface area contributed by atoms with Gasteiger partial charge in [-0.15, -0.1) is 0 Å². The van der Waals surface area contributed by atoms with E-state index >= 15 is 0 Å². The van der Waals surface area contributed by atoms with Gasteiger partial charge in [0.25, 0.3) is 0 Å². The molecule has 7 heteroatoms. The number of methoxy groups -OCH3 is 2. The first kappa shape index (κ1) is 26.0. The molecule has 4 rings (SSSR count). The number of ether oxygens (including phenoxy) is 3. The SMILES string of the molecule is COc1ccc(-c2nc3ccccc3n2C(C(=O)NCCCOC(C)C)C2CCCCC2)c(OC)c1. The van der Waals surface area contributed by atoms with Crippen molar-refractivity contribution < 1.29 is 19.0 Å². The van der Waals surface area contributed by atoms with Gasteiger partial charge in [-0.1, -0.05) is 31.4 Å². The lowest BCUT2D eigenvalue weighted by Crippen LogP contribution is -2.38. The van der Waals surface area contributed by atoms with E-state index in [2.05, 4.69) is 16.0 Å². The number of aromatic nitrogens is 2. The summed E-state index contributed by atoms with van der Waals surface area (Å²) in [7, 11) is 3.29. The third-order valence-corrected chi connectivity index (χ3v) is 6.96. The van der Waals surface area contributed by atoms with E-state index in [1.807, 2.05) is 50.2 Å². The fourth-order valence-electron chi connectivity index (χ4n) is 5.20. The minimum absolute atomic E-state index is 0.0447. The number of benzene rings is 2. The molecule has 1 saturated carbocycles. The van der Waals surface area contributed by atoms with Crippen LogP contribution in [0.2, 0.25) is 0 Å². The lowest BCUT2D eigenvalue weighted by molar-refractivity contribution is -0.126. The second kappa shape index (κ2) is 12.3. The van der Waals surface area contributed by atoms with E-state index in [1.54, 1.807) is 14.2 Å². The Hall–Kier alpha value is -3.06. The van der Waals surface area contributed by atoms with Crippen LogP contribution in [0, 0.1) is 5.92 Å². The number of amides is 1. The van der Waals surface area contributed by atoms with E-state index in [4.69, 9.17) is 19.2 Å². The number of hydrogen-bond donors (Lipinski definition) is 1. The molecule has 1 aliphatic rings. The fraction of sp³-hybridized carbons (Fsp3) is 0.517. The molecule has 0 spiro atoms. The van der Waals surface area contributed by atoms with Crippen LogP contribution in [0.5, 0.6) is 11.5 Å². The summed E-state index contributed by atoms with van der Waals surface area (Å²) in [6.45, 7) is 5.27. The Morgan fingerprint density at radius 1 is 1.08 bits per heavy atom. The lowest BCUT2D eigenvalue weighted by atomic mass is 9.83. The number of para-hydroxylation sites is 2. The van der Waals surface area contributed by atoms with E-state index in [1.165, 1.54) is 6.42 Å². The molecule has 1 fully saturated rings. The van der Waals surface area contributed by atoms with Gasteiger partial charge in [0.05, 0.1) is 36.9 Å². The molecule has 1 atom stereocenters. The molecule has 0 bridgehead atoms. The summed E-state index contributed by atoms with van der Waals surface area (Å²) in [6.07, 6.45) is 6.54.